The number of carbonyl (C=O) groups excluding carboxylic acids is 3. The van der Waals surface area contributed by atoms with Crippen LogP contribution in [0.2, 0.25) is 0 Å². The van der Waals surface area contributed by atoms with Crippen molar-refractivity contribution < 1.29 is 14.4 Å². The first kappa shape index (κ1) is 19.3. The molecule has 0 radical (unpaired) electrons. The molecule has 1 saturated heterocycles. The van der Waals surface area contributed by atoms with E-state index in [9.17, 15) is 14.4 Å². The molecule has 1 aromatic carbocycles. The number of aryl methyl sites for hydroxylation is 1. The number of thioether (sulfide) groups is 1. The number of nitrogens with zero attached hydrogens (tertiary/aromatic N) is 2. The van der Waals surface area contributed by atoms with Crippen LogP contribution in [-0.2, 0) is 15.3 Å². The second kappa shape index (κ2) is 8.89. The molecular weight excluding hydrogens is 338 g/mol. The second-order valence-electron chi connectivity index (χ2n) is 6.26. The Labute approximate surface area is 152 Å². The zero-order valence-electron chi connectivity index (χ0n) is 14.9. The standard InChI is InChI=1S/C18H25N3O3S/c1-13-6-4-7-14(10-13)12-25-9-5-8-19-16(22)11-15-17(23)21(3)18(24)20(15)2/h4,6-7,10,15H,5,8-9,11-12H2,1-3H3,(H,19,22)/t15-/m0/s1. The highest BCUT2D eigenvalue weighted by atomic mass is 32.2. The average Bonchev–Trinajstić information content (AvgIpc) is 2.76. The highest BCUT2D eigenvalue weighted by Crippen LogP contribution is 2.17. The summed E-state index contributed by atoms with van der Waals surface area (Å²) >= 11 is 1.84. The lowest BCUT2D eigenvalue weighted by Gasteiger charge is -2.15. The number of nitrogens with one attached hydrogen (secondary N) is 1. The van der Waals surface area contributed by atoms with E-state index in [0.717, 1.165) is 22.8 Å². The maximum absolute atomic E-state index is 12.0. The van der Waals surface area contributed by atoms with E-state index in [1.165, 1.54) is 23.1 Å². The summed E-state index contributed by atoms with van der Waals surface area (Å²) < 4.78 is 0. The van der Waals surface area contributed by atoms with Gasteiger partial charge in [0, 0.05) is 26.4 Å². The van der Waals surface area contributed by atoms with Crippen molar-refractivity contribution in [3.8, 4) is 0 Å². The van der Waals surface area contributed by atoms with Crippen molar-refractivity contribution in [1.29, 1.82) is 0 Å². The highest BCUT2D eigenvalue weighted by molar-refractivity contribution is 7.98. The third-order valence-electron chi connectivity index (χ3n) is 4.19. The minimum Gasteiger partial charge on any atom is -0.356 e. The number of likely N-dealkylation sites (N-methyl/N-ethyl adjacent to an activating group) is 2. The molecule has 0 bridgehead atoms. The third kappa shape index (κ3) is 5.22. The minimum absolute atomic E-state index is 0.0157. The molecule has 136 valence electrons. The van der Waals surface area contributed by atoms with Gasteiger partial charge in [0.15, 0.2) is 0 Å². The van der Waals surface area contributed by atoms with Gasteiger partial charge in [-0.15, -0.1) is 0 Å². The molecule has 1 atom stereocenters. The number of imide groups is 1. The fraction of sp³-hybridized carbons (Fsp3) is 0.500. The quantitative estimate of drug-likeness (QED) is 0.567. The first-order chi connectivity index (χ1) is 11.9. The van der Waals surface area contributed by atoms with Crippen LogP contribution in [0.5, 0.6) is 0 Å². The normalized spacial score (nSPS) is 17.3. The van der Waals surface area contributed by atoms with E-state index in [2.05, 4.69) is 36.5 Å². The molecule has 2 rings (SSSR count). The van der Waals surface area contributed by atoms with Gasteiger partial charge >= 0.3 is 6.03 Å². The van der Waals surface area contributed by atoms with Gasteiger partial charge in [-0.05, 0) is 24.7 Å². The van der Waals surface area contributed by atoms with Crippen LogP contribution >= 0.6 is 11.8 Å². The molecular formula is C18H25N3O3S. The average molecular weight is 363 g/mol. The van der Waals surface area contributed by atoms with Crippen molar-refractivity contribution >= 4 is 29.6 Å². The zero-order chi connectivity index (χ0) is 18.4. The number of rotatable bonds is 8. The van der Waals surface area contributed by atoms with Gasteiger partial charge in [0.25, 0.3) is 5.91 Å². The molecule has 0 unspecified atom stereocenters. The summed E-state index contributed by atoms with van der Waals surface area (Å²) in [6.07, 6.45) is 0.886. The maximum atomic E-state index is 12.0. The van der Waals surface area contributed by atoms with Crippen LogP contribution in [0.25, 0.3) is 0 Å². The van der Waals surface area contributed by atoms with E-state index >= 15 is 0 Å². The highest BCUT2D eigenvalue weighted by Gasteiger charge is 2.41. The first-order valence-corrected chi connectivity index (χ1v) is 9.50. The number of urea groups is 1. The Balaban J connectivity index is 1.61. The molecule has 0 aromatic heterocycles. The van der Waals surface area contributed by atoms with Crippen molar-refractivity contribution in [3.05, 3.63) is 35.4 Å². The first-order valence-electron chi connectivity index (χ1n) is 8.34. The van der Waals surface area contributed by atoms with E-state index in [-0.39, 0.29) is 24.3 Å². The fourth-order valence-electron chi connectivity index (χ4n) is 2.72. The lowest BCUT2D eigenvalue weighted by atomic mass is 10.2. The van der Waals surface area contributed by atoms with Gasteiger partial charge in [-0.1, -0.05) is 29.8 Å². The number of hydrogen-bond acceptors (Lipinski definition) is 4. The summed E-state index contributed by atoms with van der Waals surface area (Å²) in [6, 6.07) is 7.40. The summed E-state index contributed by atoms with van der Waals surface area (Å²) in [5, 5.41) is 2.83. The van der Waals surface area contributed by atoms with Crippen LogP contribution in [0, 0.1) is 6.92 Å². The van der Waals surface area contributed by atoms with Crippen LogP contribution in [-0.4, -0.2) is 60.1 Å². The Hall–Kier alpha value is -2.02. The van der Waals surface area contributed by atoms with Gasteiger partial charge in [0.1, 0.15) is 6.04 Å². The van der Waals surface area contributed by atoms with Crippen molar-refractivity contribution in [2.45, 2.75) is 31.6 Å². The van der Waals surface area contributed by atoms with Gasteiger partial charge in [-0.25, -0.2) is 4.79 Å². The Morgan fingerprint density at radius 3 is 2.68 bits per heavy atom. The van der Waals surface area contributed by atoms with Crippen molar-refractivity contribution in [2.75, 3.05) is 26.4 Å². The fourth-order valence-corrected chi connectivity index (χ4v) is 3.63. The van der Waals surface area contributed by atoms with Crippen molar-refractivity contribution in [3.63, 3.8) is 0 Å². The summed E-state index contributed by atoms with van der Waals surface area (Å²) in [5.41, 5.74) is 2.58. The van der Waals surface area contributed by atoms with Gasteiger partial charge in [0.2, 0.25) is 5.91 Å². The summed E-state index contributed by atoms with van der Waals surface area (Å²) in [7, 11) is 2.98. The minimum atomic E-state index is -0.687. The molecule has 1 heterocycles. The number of benzene rings is 1. The largest absolute Gasteiger partial charge is 0.356 e. The molecule has 4 amide bonds. The van der Waals surface area contributed by atoms with Gasteiger partial charge < -0.3 is 10.2 Å². The molecule has 1 N–H and O–H groups in total. The molecule has 6 nitrogen and oxygen atoms in total. The van der Waals surface area contributed by atoms with Crippen molar-refractivity contribution in [2.24, 2.45) is 0 Å². The maximum Gasteiger partial charge on any atom is 0.326 e. The van der Waals surface area contributed by atoms with Crippen molar-refractivity contribution in [1.82, 2.24) is 15.1 Å². The van der Waals surface area contributed by atoms with Gasteiger partial charge in [-0.3, -0.25) is 14.5 Å². The second-order valence-corrected chi connectivity index (χ2v) is 7.36. The van der Waals surface area contributed by atoms with Crippen LogP contribution in [0.15, 0.2) is 24.3 Å². The van der Waals surface area contributed by atoms with Gasteiger partial charge in [-0.2, -0.15) is 11.8 Å². The summed E-state index contributed by atoms with van der Waals surface area (Å²) in [4.78, 5) is 37.9. The summed E-state index contributed by atoms with van der Waals surface area (Å²) in [5.74, 6) is 1.40. The van der Waals surface area contributed by atoms with E-state index < -0.39 is 6.04 Å². The van der Waals surface area contributed by atoms with Crippen LogP contribution in [0.3, 0.4) is 0 Å². The van der Waals surface area contributed by atoms with Crippen LogP contribution < -0.4 is 5.32 Å². The number of hydrogen-bond donors (Lipinski definition) is 1. The van der Waals surface area contributed by atoms with Crippen LogP contribution in [0.1, 0.15) is 24.0 Å². The molecule has 0 aliphatic carbocycles. The van der Waals surface area contributed by atoms with Gasteiger partial charge in [0.05, 0.1) is 6.42 Å². The molecule has 0 spiro atoms. The number of amides is 4. The molecule has 1 fully saturated rings. The smallest absolute Gasteiger partial charge is 0.326 e. The topological polar surface area (TPSA) is 69.7 Å². The molecule has 7 heteroatoms. The Kier molecular flexibility index (Phi) is 6.87. The SMILES string of the molecule is Cc1cccc(CSCCCNC(=O)C[C@H]2C(=O)N(C)C(=O)N2C)c1. The lowest BCUT2D eigenvalue weighted by Crippen LogP contribution is -2.37. The zero-order valence-corrected chi connectivity index (χ0v) is 15.8. The lowest BCUT2D eigenvalue weighted by molar-refractivity contribution is -0.131. The number of carbonyl (C=O) groups is 3. The van der Waals surface area contributed by atoms with E-state index in [4.69, 9.17) is 0 Å². The Morgan fingerprint density at radius 1 is 1.28 bits per heavy atom. The predicted molar refractivity (Wildman–Crippen MR) is 99.3 cm³/mol. The molecule has 1 aromatic rings. The molecule has 1 aliphatic rings. The van der Waals surface area contributed by atoms with E-state index in [0.29, 0.717) is 6.54 Å². The molecule has 25 heavy (non-hydrogen) atoms. The molecule has 0 saturated carbocycles. The Bertz CT molecular complexity index is 650. The van der Waals surface area contributed by atoms with E-state index in [1.807, 2.05) is 11.8 Å². The summed E-state index contributed by atoms with van der Waals surface area (Å²) in [6.45, 7) is 2.66. The molecule has 1 aliphatic heterocycles. The third-order valence-corrected chi connectivity index (χ3v) is 5.30. The predicted octanol–water partition coefficient (Wildman–Crippen LogP) is 2.02. The van der Waals surface area contributed by atoms with Crippen LogP contribution in [0.4, 0.5) is 4.79 Å². The Morgan fingerprint density at radius 2 is 2.04 bits per heavy atom. The monoisotopic (exact) mass is 363 g/mol. The van der Waals surface area contributed by atoms with E-state index in [1.54, 1.807) is 7.05 Å².